The number of hydrogen-bond donors (Lipinski definition) is 2. The Hall–Kier alpha value is -4.16. The number of aliphatic hydroxyl groups is 1. The lowest BCUT2D eigenvalue weighted by Crippen LogP contribution is -2.49. The Labute approximate surface area is 209 Å². The molecule has 3 heterocycles. The van der Waals surface area contributed by atoms with E-state index in [0.29, 0.717) is 23.4 Å². The lowest BCUT2D eigenvalue weighted by molar-refractivity contribution is -0.120. The molecule has 1 aliphatic heterocycles. The summed E-state index contributed by atoms with van der Waals surface area (Å²) in [6.07, 6.45) is 2.11. The first-order valence-corrected chi connectivity index (χ1v) is 11.5. The summed E-state index contributed by atoms with van der Waals surface area (Å²) >= 11 is 0. The zero-order valence-electron chi connectivity index (χ0n) is 20.9. The molecule has 0 saturated carbocycles. The van der Waals surface area contributed by atoms with Crippen LogP contribution in [0, 0.1) is 25.7 Å². The number of carbonyl (C=O) groups is 2. The van der Waals surface area contributed by atoms with E-state index in [2.05, 4.69) is 27.3 Å². The molecule has 2 N–H and O–H groups in total. The number of fused-ring (bicyclic) bond motifs is 1. The number of benzene rings is 1. The van der Waals surface area contributed by atoms with Gasteiger partial charge in [-0.25, -0.2) is 0 Å². The molecule has 0 spiro atoms. The van der Waals surface area contributed by atoms with Crippen LogP contribution in [0.4, 0.5) is 5.69 Å². The smallest absolute Gasteiger partial charge is 0.270 e. The summed E-state index contributed by atoms with van der Waals surface area (Å²) in [4.78, 5) is 31.8. The van der Waals surface area contributed by atoms with Crippen molar-refractivity contribution in [3.63, 3.8) is 0 Å². The SMILES string of the molecule is Cc1noc(C)c1Cc1ccnc(C(=O)NC2COc3ccc(C#CC(C)(C)O)cc3N(C)C2=O)c1. The molecule has 0 radical (unpaired) electrons. The lowest BCUT2D eigenvalue weighted by atomic mass is 10.0. The van der Waals surface area contributed by atoms with E-state index in [1.165, 1.54) is 4.90 Å². The molecule has 9 nitrogen and oxygen atoms in total. The van der Waals surface area contributed by atoms with Crippen LogP contribution >= 0.6 is 0 Å². The van der Waals surface area contributed by atoms with Gasteiger partial charge in [-0.3, -0.25) is 14.6 Å². The van der Waals surface area contributed by atoms with Crippen molar-refractivity contribution < 1.29 is 24.0 Å². The van der Waals surface area contributed by atoms with Gasteiger partial charge in [0, 0.05) is 30.8 Å². The minimum Gasteiger partial charge on any atom is -0.489 e. The number of ether oxygens (including phenoxy) is 1. The van der Waals surface area contributed by atoms with Crippen molar-refractivity contribution in [1.29, 1.82) is 0 Å². The van der Waals surface area contributed by atoms with Crippen LogP contribution < -0.4 is 15.0 Å². The standard InChI is InChI=1S/C27H28N4O5/c1-16-20(17(2)36-30-16)12-19-9-11-28-21(13-19)25(32)29-22-15-35-24-7-6-18(8-10-27(3,4)34)14-23(24)31(5)26(22)33/h6-7,9,11,13-14,22,34H,12,15H2,1-5H3,(H,29,32). The fraction of sp³-hybridized carbons (Fsp3) is 0.333. The van der Waals surface area contributed by atoms with Gasteiger partial charge in [0.15, 0.2) is 0 Å². The quantitative estimate of drug-likeness (QED) is 0.542. The fourth-order valence-corrected chi connectivity index (χ4v) is 3.80. The third kappa shape index (κ3) is 5.56. The summed E-state index contributed by atoms with van der Waals surface area (Å²) < 4.78 is 11.1. The largest absolute Gasteiger partial charge is 0.489 e. The molecule has 0 fully saturated rings. The molecule has 1 aromatic carbocycles. The Bertz CT molecular complexity index is 1360. The van der Waals surface area contributed by atoms with E-state index in [1.54, 1.807) is 51.4 Å². The van der Waals surface area contributed by atoms with Gasteiger partial charge in [-0.2, -0.15) is 0 Å². The highest BCUT2D eigenvalue weighted by Gasteiger charge is 2.31. The number of aromatic nitrogens is 2. The van der Waals surface area contributed by atoms with Gasteiger partial charge in [-0.05, 0) is 63.6 Å². The van der Waals surface area contributed by atoms with Crippen LogP contribution in [-0.2, 0) is 11.2 Å². The predicted molar refractivity (Wildman–Crippen MR) is 133 cm³/mol. The van der Waals surface area contributed by atoms with Gasteiger partial charge in [0.05, 0.1) is 11.4 Å². The number of anilines is 1. The number of likely N-dealkylation sites (N-methyl/N-ethyl adjacent to an activating group) is 1. The Morgan fingerprint density at radius 1 is 1.28 bits per heavy atom. The predicted octanol–water partition coefficient (Wildman–Crippen LogP) is 2.55. The molecule has 36 heavy (non-hydrogen) atoms. The first-order valence-electron chi connectivity index (χ1n) is 11.5. The molecule has 1 atom stereocenters. The van der Waals surface area contributed by atoms with Gasteiger partial charge in [0.1, 0.15) is 35.5 Å². The molecule has 1 unspecified atom stereocenters. The highest BCUT2D eigenvalue weighted by molar-refractivity contribution is 6.03. The molecule has 186 valence electrons. The van der Waals surface area contributed by atoms with Crippen molar-refractivity contribution in [3.8, 4) is 17.6 Å². The number of aryl methyl sites for hydroxylation is 2. The summed E-state index contributed by atoms with van der Waals surface area (Å²) in [7, 11) is 1.62. The molecule has 0 saturated heterocycles. The normalized spacial score (nSPS) is 15.3. The number of nitrogens with zero attached hydrogens (tertiary/aromatic N) is 3. The van der Waals surface area contributed by atoms with Crippen molar-refractivity contribution in [3.05, 3.63) is 70.4 Å². The van der Waals surface area contributed by atoms with Crippen LogP contribution in [0.2, 0.25) is 0 Å². The maximum absolute atomic E-state index is 13.2. The zero-order valence-corrected chi connectivity index (χ0v) is 20.9. The van der Waals surface area contributed by atoms with E-state index >= 15 is 0 Å². The summed E-state index contributed by atoms with van der Waals surface area (Å²) in [6, 6.07) is 7.80. The Morgan fingerprint density at radius 3 is 2.75 bits per heavy atom. The van der Waals surface area contributed by atoms with Crippen LogP contribution in [0.5, 0.6) is 5.75 Å². The third-order valence-electron chi connectivity index (χ3n) is 5.79. The zero-order chi connectivity index (χ0) is 26.0. The van der Waals surface area contributed by atoms with Crippen LogP contribution in [0.25, 0.3) is 0 Å². The topological polar surface area (TPSA) is 118 Å². The molecule has 4 rings (SSSR count). The molecule has 2 aromatic heterocycles. The Morgan fingerprint density at radius 2 is 2.06 bits per heavy atom. The molecule has 9 heteroatoms. The summed E-state index contributed by atoms with van der Waals surface area (Å²) in [5, 5.41) is 16.6. The number of carbonyl (C=O) groups excluding carboxylic acids is 2. The van der Waals surface area contributed by atoms with Gasteiger partial charge < -0.3 is 24.6 Å². The van der Waals surface area contributed by atoms with Crippen LogP contribution in [-0.4, -0.2) is 52.4 Å². The second-order valence-corrected chi connectivity index (χ2v) is 9.25. The number of nitrogens with one attached hydrogen (secondary N) is 1. The molecule has 2 amide bonds. The monoisotopic (exact) mass is 488 g/mol. The number of pyridine rings is 1. The maximum atomic E-state index is 13.2. The third-order valence-corrected chi connectivity index (χ3v) is 5.79. The summed E-state index contributed by atoms with van der Waals surface area (Å²) in [5.74, 6) is 6.07. The molecule has 0 bridgehead atoms. The van der Waals surface area contributed by atoms with Crippen molar-refractivity contribution >= 4 is 17.5 Å². The second-order valence-electron chi connectivity index (χ2n) is 9.25. The van der Waals surface area contributed by atoms with Crippen LogP contribution in [0.1, 0.15) is 52.5 Å². The van der Waals surface area contributed by atoms with Crippen molar-refractivity contribution in [2.24, 2.45) is 0 Å². The van der Waals surface area contributed by atoms with Crippen LogP contribution in [0.3, 0.4) is 0 Å². The number of rotatable bonds is 4. The average Bonchev–Trinajstić information content (AvgIpc) is 3.10. The van der Waals surface area contributed by atoms with Crippen molar-refractivity contribution in [2.75, 3.05) is 18.6 Å². The first-order chi connectivity index (χ1) is 17.0. The number of amides is 2. The van der Waals surface area contributed by atoms with E-state index in [0.717, 1.165) is 22.6 Å². The Balaban J connectivity index is 1.49. The molecule has 3 aromatic rings. The maximum Gasteiger partial charge on any atom is 0.270 e. The molecule has 0 aliphatic carbocycles. The molecular weight excluding hydrogens is 460 g/mol. The number of hydrogen-bond acceptors (Lipinski definition) is 7. The second kappa shape index (κ2) is 9.84. The average molecular weight is 489 g/mol. The Kier molecular flexibility index (Phi) is 6.82. The van der Waals surface area contributed by atoms with Crippen molar-refractivity contribution in [2.45, 2.75) is 45.8 Å². The van der Waals surface area contributed by atoms with Gasteiger partial charge in [-0.1, -0.05) is 17.0 Å². The molecular formula is C27H28N4O5. The van der Waals surface area contributed by atoms with Gasteiger partial charge >= 0.3 is 0 Å². The van der Waals surface area contributed by atoms with Gasteiger partial charge in [-0.15, -0.1) is 0 Å². The highest BCUT2D eigenvalue weighted by Crippen LogP contribution is 2.31. The minimum absolute atomic E-state index is 0.0324. The van der Waals surface area contributed by atoms with Crippen LogP contribution in [0.15, 0.2) is 41.1 Å². The van der Waals surface area contributed by atoms with Gasteiger partial charge in [0.2, 0.25) is 0 Å². The van der Waals surface area contributed by atoms with Crippen molar-refractivity contribution in [1.82, 2.24) is 15.5 Å². The van der Waals surface area contributed by atoms with Gasteiger partial charge in [0.25, 0.3) is 11.8 Å². The summed E-state index contributed by atoms with van der Waals surface area (Å²) in [5.41, 5.74) is 2.84. The van der Waals surface area contributed by atoms with E-state index in [4.69, 9.17) is 9.26 Å². The lowest BCUT2D eigenvalue weighted by Gasteiger charge is -2.20. The summed E-state index contributed by atoms with van der Waals surface area (Å²) in [6.45, 7) is 6.87. The van der Waals surface area contributed by atoms with E-state index < -0.39 is 17.6 Å². The van der Waals surface area contributed by atoms with E-state index in [9.17, 15) is 14.7 Å². The van der Waals surface area contributed by atoms with E-state index in [-0.39, 0.29) is 18.2 Å². The fourth-order valence-electron chi connectivity index (χ4n) is 3.80. The minimum atomic E-state index is -1.14. The first kappa shape index (κ1) is 24.9. The highest BCUT2D eigenvalue weighted by atomic mass is 16.5. The van der Waals surface area contributed by atoms with E-state index in [1.807, 2.05) is 19.9 Å². The molecule has 1 aliphatic rings.